The van der Waals surface area contributed by atoms with Crippen LogP contribution < -0.4 is 9.47 Å². The monoisotopic (exact) mass is 232 g/mol. The summed E-state index contributed by atoms with van der Waals surface area (Å²) in [6.45, 7) is 4.55. The molecule has 17 heavy (non-hydrogen) atoms. The SMILES string of the molecule is COc1cccc2c1[C@H]1CCC[C@@]1(C(C)C)O2. The fourth-order valence-electron chi connectivity index (χ4n) is 3.66. The van der Waals surface area contributed by atoms with Crippen molar-refractivity contribution in [1.29, 1.82) is 0 Å². The van der Waals surface area contributed by atoms with Crippen LogP contribution in [0, 0.1) is 5.92 Å². The molecule has 2 heteroatoms. The Labute approximate surface area is 103 Å². The lowest BCUT2D eigenvalue weighted by molar-refractivity contribution is 0.0366. The lowest BCUT2D eigenvalue weighted by Gasteiger charge is -2.33. The second-order valence-electron chi connectivity index (χ2n) is 5.53. The van der Waals surface area contributed by atoms with Gasteiger partial charge in [-0.2, -0.15) is 0 Å². The van der Waals surface area contributed by atoms with Gasteiger partial charge in [-0.05, 0) is 37.3 Å². The van der Waals surface area contributed by atoms with Crippen molar-refractivity contribution in [3.63, 3.8) is 0 Å². The Kier molecular flexibility index (Phi) is 2.35. The molecule has 92 valence electrons. The summed E-state index contributed by atoms with van der Waals surface area (Å²) in [6.07, 6.45) is 3.67. The molecule has 2 atom stereocenters. The second-order valence-corrected chi connectivity index (χ2v) is 5.53. The quantitative estimate of drug-likeness (QED) is 0.773. The largest absolute Gasteiger partial charge is 0.496 e. The molecule has 1 aromatic rings. The van der Waals surface area contributed by atoms with Gasteiger partial charge in [-0.15, -0.1) is 0 Å². The molecule has 1 heterocycles. The molecule has 0 N–H and O–H groups in total. The fourth-order valence-corrected chi connectivity index (χ4v) is 3.66. The van der Waals surface area contributed by atoms with Crippen molar-refractivity contribution in [1.82, 2.24) is 0 Å². The van der Waals surface area contributed by atoms with Gasteiger partial charge in [0.25, 0.3) is 0 Å². The third-order valence-electron chi connectivity index (χ3n) is 4.52. The molecule has 1 fully saturated rings. The van der Waals surface area contributed by atoms with Gasteiger partial charge in [0, 0.05) is 11.5 Å². The highest BCUT2D eigenvalue weighted by Gasteiger charge is 2.54. The Hall–Kier alpha value is -1.18. The van der Waals surface area contributed by atoms with Crippen molar-refractivity contribution >= 4 is 0 Å². The van der Waals surface area contributed by atoms with Crippen molar-refractivity contribution in [3.8, 4) is 11.5 Å². The molecule has 2 aliphatic rings. The van der Waals surface area contributed by atoms with E-state index < -0.39 is 0 Å². The number of benzene rings is 1. The van der Waals surface area contributed by atoms with E-state index in [2.05, 4.69) is 26.0 Å². The molecular formula is C15H20O2. The van der Waals surface area contributed by atoms with Gasteiger partial charge in [-0.3, -0.25) is 0 Å². The lowest BCUT2D eigenvalue weighted by Crippen LogP contribution is -2.39. The predicted octanol–water partition coefficient (Wildman–Crippen LogP) is 3.75. The van der Waals surface area contributed by atoms with E-state index in [4.69, 9.17) is 9.47 Å². The summed E-state index contributed by atoms with van der Waals surface area (Å²) in [7, 11) is 1.75. The van der Waals surface area contributed by atoms with Gasteiger partial charge >= 0.3 is 0 Å². The topological polar surface area (TPSA) is 18.5 Å². The average molecular weight is 232 g/mol. The average Bonchev–Trinajstić information content (AvgIpc) is 2.84. The van der Waals surface area contributed by atoms with Crippen molar-refractivity contribution in [3.05, 3.63) is 23.8 Å². The zero-order chi connectivity index (χ0) is 12.0. The van der Waals surface area contributed by atoms with Crippen molar-refractivity contribution in [2.75, 3.05) is 7.11 Å². The molecule has 1 aliphatic carbocycles. The summed E-state index contributed by atoms with van der Waals surface area (Å²) >= 11 is 0. The van der Waals surface area contributed by atoms with E-state index >= 15 is 0 Å². The third kappa shape index (κ3) is 1.33. The first-order chi connectivity index (χ1) is 8.19. The number of rotatable bonds is 2. The van der Waals surface area contributed by atoms with Crippen LogP contribution in [0.15, 0.2) is 18.2 Å². The molecule has 3 rings (SSSR count). The van der Waals surface area contributed by atoms with Crippen molar-refractivity contribution in [2.45, 2.75) is 44.6 Å². The van der Waals surface area contributed by atoms with Crippen LogP contribution in [-0.2, 0) is 0 Å². The fraction of sp³-hybridized carbons (Fsp3) is 0.600. The zero-order valence-corrected chi connectivity index (χ0v) is 10.8. The first kappa shape index (κ1) is 10.9. The van der Waals surface area contributed by atoms with Gasteiger partial charge in [-0.25, -0.2) is 0 Å². The van der Waals surface area contributed by atoms with Crippen LogP contribution in [0.3, 0.4) is 0 Å². The third-order valence-corrected chi connectivity index (χ3v) is 4.52. The number of ether oxygens (including phenoxy) is 2. The molecule has 2 nitrogen and oxygen atoms in total. The molecule has 1 saturated carbocycles. The van der Waals surface area contributed by atoms with Crippen LogP contribution in [0.1, 0.15) is 44.6 Å². The molecular weight excluding hydrogens is 212 g/mol. The molecule has 0 radical (unpaired) electrons. The highest BCUT2D eigenvalue weighted by Crippen LogP contribution is 2.59. The molecule has 0 spiro atoms. The van der Waals surface area contributed by atoms with E-state index in [0.29, 0.717) is 11.8 Å². The van der Waals surface area contributed by atoms with Gasteiger partial charge in [0.1, 0.15) is 17.1 Å². The minimum atomic E-state index is 0.0248. The highest BCUT2D eigenvalue weighted by molar-refractivity contribution is 5.53. The molecule has 0 aromatic heterocycles. The minimum Gasteiger partial charge on any atom is -0.496 e. The molecule has 1 aliphatic heterocycles. The summed E-state index contributed by atoms with van der Waals surface area (Å²) in [6, 6.07) is 6.16. The van der Waals surface area contributed by atoms with Gasteiger partial charge in [0.2, 0.25) is 0 Å². The van der Waals surface area contributed by atoms with Gasteiger partial charge < -0.3 is 9.47 Å². The van der Waals surface area contributed by atoms with Gasteiger partial charge in [0.15, 0.2) is 0 Å². The van der Waals surface area contributed by atoms with E-state index in [1.54, 1.807) is 7.11 Å². The summed E-state index contributed by atoms with van der Waals surface area (Å²) in [5.74, 6) is 3.11. The Morgan fingerprint density at radius 2 is 2.24 bits per heavy atom. The predicted molar refractivity (Wildman–Crippen MR) is 67.8 cm³/mol. The first-order valence-electron chi connectivity index (χ1n) is 6.55. The number of methoxy groups -OCH3 is 1. The Balaban J connectivity index is 2.12. The van der Waals surface area contributed by atoms with Crippen LogP contribution in [-0.4, -0.2) is 12.7 Å². The molecule has 0 bridgehead atoms. The van der Waals surface area contributed by atoms with Crippen LogP contribution in [0.5, 0.6) is 11.5 Å². The summed E-state index contributed by atoms with van der Waals surface area (Å²) in [5, 5.41) is 0. The molecule has 0 unspecified atom stereocenters. The summed E-state index contributed by atoms with van der Waals surface area (Å²) in [5.41, 5.74) is 1.33. The highest BCUT2D eigenvalue weighted by atomic mass is 16.5. The van der Waals surface area contributed by atoms with E-state index in [-0.39, 0.29) is 5.60 Å². The van der Waals surface area contributed by atoms with Crippen LogP contribution >= 0.6 is 0 Å². The van der Waals surface area contributed by atoms with Gasteiger partial charge in [-0.1, -0.05) is 19.9 Å². The van der Waals surface area contributed by atoms with Crippen molar-refractivity contribution in [2.24, 2.45) is 5.92 Å². The normalized spacial score (nSPS) is 30.0. The standard InChI is InChI=1S/C15H20O2/c1-10(2)15-9-5-6-11(15)14-12(16-3)7-4-8-13(14)17-15/h4,7-8,10-11H,5-6,9H2,1-3H3/t11-,15+/m1/s1. The van der Waals surface area contributed by atoms with Crippen LogP contribution in [0.25, 0.3) is 0 Å². The van der Waals surface area contributed by atoms with E-state index in [1.807, 2.05) is 6.07 Å². The van der Waals surface area contributed by atoms with Crippen LogP contribution in [0.2, 0.25) is 0 Å². The Bertz CT molecular complexity index is 439. The maximum atomic E-state index is 6.34. The first-order valence-corrected chi connectivity index (χ1v) is 6.55. The number of hydrogen-bond donors (Lipinski definition) is 0. The summed E-state index contributed by atoms with van der Waals surface area (Å²) in [4.78, 5) is 0. The van der Waals surface area contributed by atoms with Gasteiger partial charge in [0.05, 0.1) is 7.11 Å². The molecule has 0 amide bonds. The van der Waals surface area contributed by atoms with E-state index in [1.165, 1.54) is 24.8 Å². The Morgan fingerprint density at radius 3 is 2.94 bits per heavy atom. The maximum Gasteiger partial charge on any atom is 0.127 e. The number of hydrogen-bond acceptors (Lipinski definition) is 2. The van der Waals surface area contributed by atoms with Crippen LogP contribution in [0.4, 0.5) is 0 Å². The lowest BCUT2D eigenvalue weighted by atomic mass is 9.79. The smallest absolute Gasteiger partial charge is 0.127 e. The molecule has 1 aromatic carbocycles. The zero-order valence-electron chi connectivity index (χ0n) is 10.8. The van der Waals surface area contributed by atoms with E-state index in [9.17, 15) is 0 Å². The Morgan fingerprint density at radius 1 is 1.41 bits per heavy atom. The maximum absolute atomic E-state index is 6.34. The van der Waals surface area contributed by atoms with E-state index in [0.717, 1.165) is 11.5 Å². The van der Waals surface area contributed by atoms with Crippen molar-refractivity contribution < 1.29 is 9.47 Å². The molecule has 0 saturated heterocycles. The minimum absolute atomic E-state index is 0.0248. The second kappa shape index (κ2) is 3.66. The number of fused-ring (bicyclic) bond motifs is 3. The summed E-state index contributed by atoms with van der Waals surface area (Å²) < 4.78 is 11.9.